The van der Waals surface area contributed by atoms with Crippen LogP contribution in [0.2, 0.25) is 0 Å². The van der Waals surface area contributed by atoms with Crippen LogP contribution in [0.1, 0.15) is 44.0 Å². The summed E-state index contributed by atoms with van der Waals surface area (Å²) in [5, 5.41) is 6.37. The number of thiazole rings is 1. The number of nitrogens with zero attached hydrogens (tertiary/aromatic N) is 1. The molecule has 1 unspecified atom stereocenters. The standard InChI is InChI=1S/C19H26N4O2S/c1-3-13(2)20-19(25)22-17(24)12-23-10-6-7-14(11-23)18-21-15-8-4-5-9-16(15)26-18/h4-5,8-9,13-14H,3,6-7,10-12H2,1-2H3,(H2,20,22,24,25)/p+1/t13-,14+/m1/s1. The van der Waals surface area contributed by atoms with Crippen LogP contribution in [0.3, 0.4) is 0 Å². The van der Waals surface area contributed by atoms with E-state index in [1.54, 1.807) is 11.3 Å². The Balaban J connectivity index is 1.55. The van der Waals surface area contributed by atoms with Gasteiger partial charge >= 0.3 is 6.03 Å². The van der Waals surface area contributed by atoms with Gasteiger partial charge in [0.05, 0.1) is 29.2 Å². The highest BCUT2D eigenvalue weighted by Gasteiger charge is 2.28. The molecule has 3 N–H and O–H groups in total. The third-order valence-corrected chi connectivity index (χ3v) is 6.13. The van der Waals surface area contributed by atoms with E-state index < -0.39 is 6.03 Å². The average molecular weight is 376 g/mol. The molecule has 1 fully saturated rings. The minimum Gasteiger partial charge on any atom is -0.335 e. The predicted molar refractivity (Wildman–Crippen MR) is 104 cm³/mol. The van der Waals surface area contributed by atoms with Gasteiger partial charge in [-0.3, -0.25) is 10.1 Å². The number of likely N-dealkylation sites (tertiary alicyclic amines) is 1. The maximum atomic E-state index is 12.2. The molecule has 3 amide bonds. The maximum absolute atomic E-state index is 12.2. The zero-order valence-corrected chi connectivity index (χ0v) is 16.2. The van der Waals surface area contributed by atoms with Gasteiger partial charge in [0.15, 0.2) is 6.54 Å². The van der Waals surface area contributed by atoms with Crippen molar-refractivity contribution in [3.8, 4) is 0 Å². The average Bonchev–Trinajstić information content (AvgIpc) is 3.05. The number of imide groups is 1. The summed E-state index contributed by atoms with van der Waals surface area (Å²) >= 11 is 1.76. The third-order valence-electron chi connectivity index (χ3n) is 4.93. The summed E-state index contributed by atoms with van der Waals surface area (Å²) in [6.07, 6.45) is 3.02. The summed E-state index contributed by atoms with van der Waals surface area (Å²) < 4.78 is 1.22. The lowest BCUT2D eigenvalue weighted by Crippen LogP contribution is -3.14. The molecule has 26 heavy (non-hydrogen) atoms. The van der Waals surface area contributed by atoms with Gasteiger partial charge in [-0.25, -0.2) is 9.78 Å². The molecule has 2 aromatic rings. The van der Waals surface area contributed by atoms with Crippen molar-refractivity contribution in [1.82, 2.24) is 15.6 Å². The summed E-state index contributed by atoms with van der Waals surface area (Å²) in [7, 11) is 0. The molecule has 7 heteroatoms. The van der Waals surface area contributed by atoms with Crippen molar-refractivity contribution in [3.63, 3.8) is 0 Å². The van der Waals surface area contributed by atoms with Gasteiger partial charge in [-0.05, 0) is 38.3 Å². The molecule has 6 nitrogen and oxygen atoms in total. The number of hydrogen-bond donors (Lipinski definition) is 3. The second-order valence-corrected chi connectivity index (χ2v) is 8.13. The van der Waals surface area contributed by atoms with Crippen LogP contribution >= 0.6 is 11.3 Å². The molecule has 0 aliphatic carbocycles. The number of para-hydroxylation sites is 1. The van der Waals surface area contributed by atoms with Crippen molar-refractivity contribution in [2.24, 2.45) is 0 Å². The Labute approximate surface area is 158 Å². The summed E-state index contributed by atoms with van der Waals surface area (Å²) in [5.41, 5.74) is 1.05. The van der Waals surface area contributed by atoms with Crippen molar-refractivity contribution >= 4 is 33.5 Å². The molecule has 1 aromatic heterocycles. The highest BCUT2D eigenvalue weighted by atomic mass is 32.1. The summed E-state index contributed by atoms with van der Waals surface area (Å²) in [5.74, 6) is 0.170. The number of quaternary nitrogens is 1. The van der Waals surface area contributed by atoms with Gasteiger partial charge in [0.1, 0.15) is 5.01 Å². The first-order chi connectivity index (χ1) is 12.5. The number of fused-ring (bicyclic) bond motifs is 1. The molecular formula is C19H27N4O2S+. The minimum absolute atomic E-state index is 0.0635. The first-order valence-electron chi connectivity index (χ1n) is 9.34. The number of nitrogens with one attached hydrogen (secondary N) is 3. The maximum Gasteiger partial charge on any atom is 0.321 e. The monoisotopic (exact) mass is 375 g/mol. The number of benzene rings is 1. The Morgan fingerprint density at radius 3 is 2.96 bits per heavy atom. The quantitative estimate of drug-likeness (QED) is 0.744. The molecule has 1 saturated heterocycles. The Morgan fingerprint density at radius 2 is 2.19 bits per heavy atom. The first kappa shape index (κ1) is 18.8. The molecular weight excluding hydrogens is 348 g/mol. The fourth-order valence-electron chi connectivity index (χ4n) is 3.35. The van der Waals surface area contributed by atoms with Crippen LogP contribution in [-0.2, 0) is 4.79 Å². The molecule has 0 radical (unpaired) electrons. The summed E-state index contributed by atoms with van der Waals surface area (Å²) in [6.45, 7) is 6.09. The van der Waals surface area contributed by atoms with Crippen molar-refractivity contribution < 1.29 is 14.5 Å². The molecule has 1 aliphatic heterocycles. The smallest absolute Gasteiger partial charge is 0.321 e. The predicted octanol–water partition coefficient (Wildman–Crippen LogP) is 1.68. The SMILES string of the molecule is CC[C@@H](C)NC(=O)NC(=O)C[NH+]1CCC[C@H](c2nc3ccccc3s2)C1. The molecule has 3 atom stereocenters. The van der Waals surface area contributed by atoms with Crippen LogP contribution in [0.4, 0.5) is 4.79 Å². The number of rotatable bonds is 5. The molecule has 1 aliphatic rings. The fourth-order valence-corrected chi connectivity index (χ4v) is 4.45. The van der Waals surface area contributed by atoms with E-state index >= 15 is 0 Å². The lowest BCUT2D eigenvalue weighted by atomic mass is 9.99. The molecule has 0 spiro atoms. The Bertz CT molecular complexity index is 743. The van der Waals surface area contributed by atoms with Gasteiger partial charge in [0, 0.05) is 6.04 Å². The van der Waals surface area contributed by atoms with Crippen LogP contribution in [-0.4, -0.2) is 42.6 Å². The number of hydrogen-bond acceptors (Lipinski definition) is 4. The molecule has 140 valence electrons. The van der Waals surface area contributed by atoms with Gasteiger partial charge in [0.2, 0.25) is 0 Å². The van der Waals surface area contributed by atoms with Gasteiger partial charge in [-0.1, -0.05) is 19.1 Å². The van der Waals surface area contributed by atoms with Gasteiger partial charge < -0.3 is 10.2 Å². The highest BCUT2D eigenvalue weighted by molar-refractivity contribution is 7.18. The van der Waals surface area contributed by atoms with Crippen LogP contribution in [0.25, 0.3) is 10.2 Å². The van der Waals surface area contributed by atoms with Crippen LogP contribution in [0.15, 0.2) is 24.3 Å². The minimum atomic E-state index is -0.400. The Morgan fingerprint density at radius 1 is 1.38 bits per heavy atom. The van der Waals surface area contributed by atoms with Crippen LogP contribution in [0, 0.1) is 0 Å². The highest BCUT2D eigenvalue weighted by Crippen LogP contribution is 2.30. The van der Waals surface area contributed by atoms with E-state index in [1.807, 2.05) is 32.0 Å². The summed E-state index contributed by atoms with van der Waals surface area (Å²) in [6, 6.07) is 7.87. The van der Waals surface area contributed by atoms with E-state index in [2.05, 4.69) is 16.7 Å². The Hall–Kier alpha value is -1.99. The topological polar surface area (TPSA) is 75.5 Å². The third kappa shape index (κ3) is 4.80. The largest absolute Gasteiger partial charge is 0.335 e. The Kier molecular flexibility index (Phi) is 6.21. The van der Waals surface area contributed by atoms with Crippen LogP contribution < -0.4 is 15.5 Å². The number of carbonyl (C=O) groups is 2. The first-order valence-corrected chi connectivity index (χ1v) is 10.2. The van der Waals surface area contributed by atoms with Crippen molar-refractivity contribution in [3.05, 3.63) is 29.3 Å². The molecule has 3 rings (SSSR count). The molecule has 1 aromatic carbocycles. The fraction of sp³-hybridized carbons (Fsp3) is 0.526. The molecule has 0 bridgehead atoms. The summed E-state index contributed by atoms with van der Waals surface area (Å²) in [4.78, 5) is 30.0. The van der Waals surface area contributed by atoms with Crippen molar-refractivity contribution in [1.29, 1.82) is 0 Å². The molecule has 2 heterocycles. The molecule has 0 saturated carbocycles. The van der Waals surface area contributed by atoms with Crippen LogP contribution in [0.5, 0.6) is 0 Å². The van der Waals surface area contributed by atoms with Gasteiger partial charge in [0.25, 0.3) is 5.91 Å². The zero-order chi connectivity index (χ0) is 18.5. The van der Waals surface area contributed by atoms with Gasteiger partial charge in [-0.2, -0.15) is 0 Å². The number of amides is 3. The van der Waals surface area contributed by atoms with E-state index in [4.69, 9.17) is 4.98 Å². The van der Waals surface area contributed by atoms with Crippen molar-refractivity contribution in [2.75, 3.05) is 19.6 Å². The van der Waals surface area contributed by atoms with Gasteiger partial charge in [-0.15, -0.1) is 11.3 Å². The van der Waals surface area contributed by atoms with E-state index in [0.717, 1.165) is 37.9 Å². The van der Waals surface area contributed by atoms with E-state index in [-0.39, 0.29) is 11.9 Å². The normalized spacial score (nSPS) is 21.3. The van der Waals surface area contributed by atoms with Crippen molar-refractivity contribution in [2.45, 2.75) is 45.1 Å². The van der Waals surface area contributed by atoms with E-state index in [0.29, 0.717) is 12.5 Å². The van der Waals surface area contributed by atoms with E-state index in [9.17, 15) is 9.59 Å². The number of carbonyl (C=O) groups excluding carboxylic acids is 2. The zero-order valence-electron chi connectivity index (χ0n) is 15.4. The lowest BCUT2D eigenvalue weighted by Gasteiger charge is -2.28. The second-order valence-electron chi connectivity index (χ2n) is 7.07. The lowest BCUT2D eigenvalue weighted by molar-refractivity contribution is -0.898. The number of piperidine rings is 1. The number of aromatic nitrogens is 1. The second kappa shape index (κ2) is 8.60. The number of urea groups is 1. The van der Waals surface area contributed by atoms with E-state index in [1.165, 1.54) is 14.6 Å².